The topological polar surface area (TPSA) is 86.6 Å². The highest BCUT2D eigenvalue weighted by Gasteiger charge is 2.34. The zero-order valence-corrected chi connectivity index (χ0v) is 21.3. The minimum absolute atomic E-state index is 0.107. The van der Waals surface area contributed by atoms with Gasteiger partial charge in [0.15, 0.2) is 0 Å². The quantitative estimate of drug-likeness (QED) is 0.184. The van der Waals surface area contributed by atoms with Gasteiger partial charge < -0.3 is 14.3 Å². The molecule has 202 valence electrons. The van der Waals surface area contributed by atoms with E-state index in [1.165, 1.54) is 27.5 Å². The van der Waals surface area contributed by atoms with E-state index in [-0.39, 0.29) is 29.1 Å². The first kappa shape index (κ1) is 27.4. The van der Waals surface area contributed by atoms with Gasteiger partial charge >= 0.3 is 17.5 Å². The molecular formula is C27H26ClF3N2O5. The summed E-state index contributed by atoms with van der Waals surface area (Å²) in [5, 5.41) is 10.6. The molecular weight excluding hydrogens is 525 g/mol. The molecule has 0 aliphatic rings. The third-order valence-corrected chi connectivity index (χ3v) is 6.38. The maximum Gasteiger partial charge on any atom is 0.417 e. The van der Waals surface area contributed by atoms with Crippen molar-refractivity contribution in [3.8, 4) is 17.3 Å². The van der Waals surface area contributed by atoms with Gasteiger partial charge in [-0.1, -0.05) is 24.9 Å². The van der Waals surface area contributed by atoms with Crippen molar-refractivity contribution >= 4 is 22.6 Å². The number of unbranched alkanes of at least 4 members (excludes halogenated alkanes) is 2. The molecule has 0 aliphatic carbocycles. The smallest absolute Gasteiger partial charge is 0.417 e. The molecule has 0 unspecified atom stereocenters. The molecule has 11 heteroatoms. The molecule has 0 aliphatic heterocycles. The molecule has 0 saturated heterocycles. The summed E-state index contributed by atoms with van der Waals surface area (Å²) in [7, 11) is 0. The average Bonchev–Trinajstić information content (AvgIpc) is 3.15. The standard InChI is InChI=1S/C27H26ClF3N2O5/c1-2-6-20-22(12-11-19-21(27(29,30)31)15-24(35)38-25(19)20)37-14-5-3-4-13-32-23(34)16-33(26(32)36)18-9-7-17(28)8-10-18/h7-12,15-16,34H,2-6,13-14H2,1H3. The molecule has 4 aromatic rings. The van der Waals surface area contributed by atoms with Crippen LogP contribution >= 0.6 is 11.6 Å². The Kier molecular flexibility index (Phi) is 8.20. The average molecular weight is 551 g/mol. The number of aryl methyl sites for hydroxylation is 1. The number of aromatic nitrogens is 2. The molecule has 0 atom stereocenters. The second kappa shape index (κ2) is 11.4. The van der Waals surface area contributed by atoms with E-state index in [1.54, 1.807) is 24.3 Å². The van der Waals surface area contributed by atoms with Gasteiger partial charge in [-0.05, 0) is 62.1 Å². The number of imidazole rings is 1. The van der Waals surface area contributed by atoms with E-state index in [0.29, 0.717) is 66.7 Å². The molecule has 4 rings (SSSR count). The first-order valence-electron chi connectivity index (χ1n) is 12.2. The number of aromatic hydroxyl groups is 1. The van der Waals surface area contributed by atoms with E-state index < -0.39 is 17.4 Å². The van der Waals surface area contributed by atoms with Crippen LogP contribution in [0.1, 0.15) is 43.7 Å². The Morgan fingerprint density at radius 2 is 1.79 bits per heavy atom. The third kappa shape index (κ3) is 5.91. The summed E-state index contributed by atoms with van der Waals surface area (Å²) in [6.45, 7) is 2.44. The molecule has 0 fully saturated rings. The van der Waals surface area contributed by atoms with Gasteiger partial charge in [0.1, 0.15) is 11.3 Å². The molecule has 2 aromatic heterocycles. The lowest BCUT2D eigenvalue weighted by atomic mass is 10.0. The monoisotopic (exact) mass is 550 g/mol. The zero-order chi connectivity index (χ0) is 27.4. The molecule has 0 spiro atoms. The summed E-state index contributed by atoms with van der Waals surface area (Å²) in [4.78, 5) is 24.6. The first-order valence-corrected chi connectivity index (χ1v) is 12.5. The van der Waals surface area contributed by atoms with Crippen LogP contribution in [0.3, 0.4) is 0 Å². The van der Waals surface area contributed by atoms with Crippen LogP contribution in [0.25, 0.3) is 16.7 Å². The van der Waals surface area contributed by atoms with Crippen molar-refractivity contribution in [2.45, 2.75) is 51.7 Å². The Morgan fingerprint density at radius 3 is 2.47 bits per heavy atom. The fourth-order valence-electron chi connectivity index (χ4n) is 4.32. The minimum Gasteiger partial charge on any atom is -0.493 e. The molecule has 0 bridgehead atoms. The molecule has 7 nitrogen and oxygen atoms in total. The summed E-state index contributed by atoms with van der Waals surface area (Å²) in [5.41, 5.74) is -1.57. The fourth-order valence-corrected chi connectivity index (χ4v) is 4.44. The van der Waals surface area contributed by atoms with Crippen LogP contribution in [0.2, 0.25) is 5.02 Å². The summed E-state index contributed by atoms with van der Waals surface area (Å²) in [6.07, 6.45) is -0.484. The lowest BCUT2D eigenvalue weighted by molar-refractivity contribution is -0.136. The summed E-state index contributed by atoms with van der Waals surface area (Å²) < 4.78 is 54.0. The molecule has 38 heavy (non-hydrogen) atoms. The number of hydrogen-bond donors (Lipinski definition) is 1. The molecule has 0 radical (unpaired) electrons. The zero-order valence-electron chi connectivity index (χ0n) is 20.6. The number of alkyl halides is 3. The van der Waals surface area contributed by atoms with Gasteiger partial charge in [0.05, 0.1) is 24.1 Å². The molecule has 0 amide bonds. The largest absolute Gasteiger partial charge is 0.493 e. The van der Waals surface area contributed by atoms with Crippen LogP contribution in [0.5, 0.6) is 11.6 Å². The SMILES string of the molecule is CCCc1c(OCCCCCn2c(O)cn(-c3ccc(Cl)cc3)c2=O)ccc2c(C(F)(F)F)cc(=O)oc12. The van der Waals surface area contributed by atoms with Gasteiger partial charge in [0.25, 0.3) is 0 Å². The normalized spacial score (nSPS) is 11.8. The molecule has 2 heterocycles. The Hall–Kier alpha value is -3.66. The molecule has 2 aromatic carbocycles. The maximum absolute atomic E-state index is 13.5. The fraction of sp³-hybridized carbons (Fsp3) is 0.333. The van der Waals surface area contributed by atoms with Crippen LogP contribution < -0.4 is 16.1 Å². The lowest BCUT2D eigenvalue weighted by Crippen LogP contribution is -2.23. The second-order valence-electron chi connectivity index (χ2n) is 8.82. The van der Waals surface area contributed by atoms with E-state index >= 15 is 0 Å². The van der Waals surface area contributed by atoms with E-state index in [9.17, 15) is 27.9 Å². The highest BCUT2D eigenvalue weighted by atomic mass is 35.5. The summed E-state index contributed by atoms with van der Waals surface area (Å²) >= 11 is 5.89. The van der Waals surface area contributed by atoms with Crippen molar-refractivity contribution in [2.75, 3.05) is 6.61 Å². The van der Waals surface area contributed by atoms with Crippen LogP contribution in [-0.2, 0) is 19.1 Å². The number of ether oxygens (including phenoxy) is 1. The lowest BCUT2D eigenvalue weighted by Gasteiger charge is -2.15. The van der Waals surface area contributed by atoms with Crippen LogP contribution in [0.15, 0.2) is 62.7 Å². The van der Waals surface area contributed by atoms with Crippen molar-refractivity contribution in [2.24, 2.45) is 0 Å². The number of benzene rings is 2. The number of halogens is 4. The van der Waals surface area contributed by atoms with E-state index in [4.69, 9.17) is 20.8 Å². The van der Waals surface area contributed by atoms with Gasteiger partial charge in [-0.25, -0.2) is 9.59 Å². The molecule has 0 saturated carbocycles. The third-order valence-electron chi connectivity index (χ3n) is 6.12. The van der Waals surface area contributed by atoms with Gasteiger partial charge in [0, 0.05) is 28.6 Å². The summed E-state index contributed by atoms with van der Waals surface area (Å²) in [5.74, 6) is 0.219. The van der Waals surface area contributed by atoms with Crippen molar-refractivity contribution < 1.29 is 27.4 Å². The molecule has 1 N–H and O–H groups in total. The van der Waals surface area contributed by atoms with Crippen LogP contribution in [0, 0.1) is 0 Å². The van der Waals surface area contributed by atoms with E-state index in [1.807, 2.05) is 6.92 Å². The van der Waals surface area contributed by atoms with Crippen LogP contribution in [0.4, 0.5) is 13.2 Å². The number of nitrogens with zero attached hydrogens (tertiary/aromatic N) is 2. The maximum atomic E-state index is 13.5. The van der Waals surface area contributed by atoms with Gasteiger partial charge in [0.2, 0.25) is 5.88 Å². The summed E-state index contributed by atoms with van der Waals surface area (Å²) in [6, 6.07) is 9.87. The minimum atomic E-state index is -4.69. The highest BCUT2D eigenvalue weighted by molar-refractivity contribution is 6.30. The Labute approximate surface area is 220 Å². The first-order chi connectivity index (χ1) is 18.1. The van der Waals surface area contributed by atoms with Crippen LogP contribution in [-0.4, -0.2) is 20.8 Å². The van der Waals surface area contributed by atoms with E-state index in [0.717, 1.165) is 0 Å². The van der Waals surface area contributed by atoms with Crippen molar-refractivity contribution in [3.05, 3.63) is 85.7 Å². The number of fused-ring (bicyclic) bond motifs is 1. The van der Waals surface area contributed by atoms with Crippen molar-refractivity contribution in [3.63, 3.8) is 0 Å². The van der Waals surface area contributed by atoms with E-state index in [2.05, 4.69) is 0 Å². The van der Waals surface area contributed by atoms with Gasteiger partial charge in [-0.15, -0.1) is 0 Å². The highest BCUT2D eigenvalue weighted by Crippen LogP contribution is 2.37. The number of rotatable bonds is 10. The second-order valence-corrected chi connectivity index (χ2v) is 9.26. The Bertz CT molecular complexity index is 1540. The predicted octanol–water partition coefficient (Wildman–Crippen LogP) is 6.33. The van der Waals surface area contributed by atoms with Crippen molar-refractivity contribution in [1.29, 1.82) is 0 Å². The predicted molar refractivity (Wildman–Crippen MR) is 138 cm³/mol. The van der Waals surface area contributed by atoms with Gasteiger partial charge in [-0.3, -0.25) is 9.13 Å². The number of hydrogen-bond acceptors (Lipinski definition) is 5. The Morgan fingerprint density at radius 1 is 1.05 bits per heavy atom. The Balaban J connectivity index is 1.39. The van der Waals surface area contributed by atoms with Crippen molar-refractivity contribution in [1.82, 2.24) is 9.13 Å². The van der Waals surface area contributed by atoms with Gasteiger partial charge in [-0.2, -0.15) is 13.2 Å².